The molecule has 0 aliphatic rings. The molecule has 1 N–H and O–H groups in total. The third-order valence-corrected chi connectivity index (χ3v) is 6.61. The van der Waals surface area contributed by atoms with Gasteiger partial charge in [0.2, 0.25) is 10.0 Å². The van der Waals surface area contributed by atoms with E-state index in [0.717, 1.165) is 22.7 Å². The SMILES string of the molecule is CCc1nc(C(Cc2[c]cccc2)NS(=O)(=O)Cc2cccc(OC)c2)cs1. The number of sulfonamides is 1. The Hall–Kier alpha value is -2.22. The zero-order valence-electron chi connectivity index (χ0n) is 15.9. The average Bonchev–Trinajstić information content (AvgIpc) is 3.17. The summed E-state index contributed by atoms with van der Waals surface area (Å²) in [6.45, 7) is 2.04. The summed E-state index contributed by atoms with van der Waals surface area (Å²) in [4.78, 5) is 4.60. The van der Waals surface area contributed by atoms with Gasteiger partial charge in [-0.3, -0.25) is 0 Å². The number of thiazole rings is 1. The van der Waals surface area contributed by atoms with Crippen LogP contribution >= 0.6 is 11.3 Å². The molecule has 0 bridgehead atoms. The molecule has 0 saturated carbocycles. The highest BCUT2D eigenvalue weighted by molar-refractivity contribution is 7.88. The molecule has 28 heavy (non-hydrogen) atoms. The minimum absolute atomic E-state index is 0.121. The first-order valence-corrected chi connectivity index (χ1v) is 11.5. The van der Waals surface area contributed by atoms with Crippen LogP contribution in [-0.2, 0) is 28.6 Å². The van der Waals surface area contributed by atoms with E-state index in [1.54, 1.807) is 42.7 Å². The van der Waals surface area contributed by atoms with Crippen LogP contribution in [0.3, 0.4) is 0 Å². The number of ether oxygens (including phenoxy) is 1. The molecule has 1 heterocycles. The van der Waals surface area contributed by atoms with Crippen molar-refractivity contribution in [2.24, 2.45) is 0 Å². The summed E-state index contributed by atoms with van der Waals surface area (Å²) < 4.78 is 33.7. The summed E-state index contributed by atoms with van der Waals surface area (Å²) in [6.07, 6.45) is 1.32. The third-order valence-electron chi connectivity index (χ3n) is 4.24. The number of aromatic nitrogens is 1. The second kappa shape index (κ2) is 9.32. The molecule has 1 unspecified atom stereocenters. The summed E-state index contributed by atoms with van der Waals surface area (Å²) in [5.74, 6) is 0.513. The first kappa shape index (κ1) is 20.5. The van der Waals surface area contributed by atoms with Gasteiger partial charge in [0, 0.05) is 5.38 Å². The van der Waals surface area contributed by atoms with Crippen molar-refractivity contribution in [1.29, 1.82) is 0 Å². The second-order valence-electron chi connectivity index (χ2n) is 6.39. The molecule has 3 aromatic rings. The predicted molar refractivity (Wildman–Crippen MR) is 112 cm³/mol. The first-order chi connectivity index (χ1) is 13.5. The monoisotopic (exact) mass is 415 g/mol. The number of rotatable bonds is 9. The highest BCUT2D eigenvalue weighted by Crippen LogP contribution is 2.23. The van der Waals surface area contributed by atoms with Crippen LogP contribution in [0.2, 0.25) is 0 Å². The Morgan fingerprint density at radius 2 is 2.11 bits per heavy atom. The Morgan fingerprint density at radius 1 is 1.25 bits per heavy atom. The first-order valence-electron chi connectivity index (χ1n) is 9.02. The van der Waals surface area contributed by atoms with Crippen LogP contribution in [0.4, 0.5) is 0 Å². The fourth-order valence-corrected chi connectivity index (χ4v) is 5.01. The molecule has 3 rings (SSSR count). The van der Waals surface area contributed by atoms with E-state index in [1.807, 2.05) is 36.6 Å². The highest BCUT2D eigenvalue weighted by atomic mass is 32.2. The number of aryl methyl sites for hydroxylation is 1. The lowest BCUT2D eigenvalue weighted by atomic mass is 10.1. The maximum Gasteiger partial charge on any atom is 0.216 e. The molecule has 1 atom stereocenters. The Balaban J connectivity index is 1.82. The van der Waals surface area contributed by atoms with Crippen LogP contribution < -0.4 is 9.46 Å². The van der Waals surface area contributed by atoms with E-state index in [9.17, 15) is 8.42 Å². The molecule has 0 aliphatic carbocycles. The maximum absolute atomic E-state index is 12.9. The molecule has 7 heteroatoms. The molecule has 5 nitrogen and oxygen atoms in total. The topological polar surface area (TPSA) is 68.3 Å². The van der Waals surface area contributed by atoms with Gasteiger partial charge in [-0.15, -0.1) is 11.3 Å². The van der Waals surface area contributed by atoms with Crippen LogP contribution in [0.15, 0.2) is 53.9 Å². The fourth-order valence-electron chi connectivity index (χ4n) is 2.87. The normalized spacial score (nSPS) is 12.6. The fraction of sp³-hybridized carbons (Fsp3) is 0.286. The number of hydrogen-bond acceptors (Lipinski definition) is 5. The van der Waals surface area contributed by atoms with Gasteiger partial charge in [0.25, 0.3) is 0 Å². The molecule has 0 amide bonds. The van der Waals surface area contributed by atoms with Crippen molar-refractivity contribution in [3.8, 4) is 5.75 Å². The van der Waals surface area contributed by atoms with Gasteiger partial charge in [-0.25, -0.2) is 18.1 Å². The molecule has 0 aliphatic heterocycles. The Kier molecular flexibility index (Phi) is 6.83. The van der Waals surface area contributed by atoms with Gasteiger partial charge in [0.05, 0.1) is 29.6 Å². The molecule has 0 spiro atoms. The highest BCUT2D eigenvalue weighted by Gasteiger charge is 2.23. The minimum Gasteiger partial charge on any atom is -0.497 e. The molecule has 1 aromatic heterocycles. The van der Waals surface area contributed by atoms with Crippen LogP contribution in [0.1, 0.15) is 34.8 Å². The predicted octanol–water partition coefficient (Wildman–Crippen LogP) is 3.92. The molecule has 2 aromatic carbocycles. The van der Waals surface area contributed by atoms with E-state index in [1.165, 1.54) is 0 Å². The third kappa shape index (κ3) is 5.64. The van der Waals surface area contributed by atoms with Crippen molar-refractivity contribution >= 4 is 21.4 Å². The lowest BCUT2D eigenvalue weighted by Gasteiger charge is -2.17. The van der Waals surface area contributed by atoms with Crippen molar-refractivity contribution in [3.05, 3.63) is 81.8 Å². The smallest absolute Gasteiger partial charge is 0.216 e. The summed E-state index contributed by atoms with van der Waals surface area (Å²) >= 11 is 1.55. The van der Waals surface area contributed by atoms with Gasteiger partial charge in [0.1, 0.15) is 5.75 Å². The maximum atomic E-state index is 12.9. The summed E-state index contributed by atoms with van der Waals surface area (Å²) in [6, 6.07) is 17.4. The van der Waals surface area contributed by atoms with Gasteiger partial charge >= 0.3 is 0 Å². The van der Waals surface area contributed by atoms with Gasteiger partial charge < -0.3 is 4.74 Å². The van der Waals surface area contributed by atoms with Crippen molar-refractivity contribution in [2.45, 2.75) is 31.6 Å². The molecule has 147 valence electrons. The second-order valence-corrected chi connectivity index (χ2v) is 9.09. The molecule has 0 fully saturated rings. The van der Waals surface area contributed by atoms with E-state index >= 15 is 0 Å². The number of benzene rings is 2. The van der Waals surface area contributed by atoms with Crippen LogP contribution in [-0.4, -0.2) is 20.5 Å². The zero-order valence-corrected chi connectivity index (χ0v) is 17.5. The Morgan fingerprint density at radius 3 is 2.79 bits per heavy atom. The summed E-state index contributed by atoms with van der Waals surface area (Å²) in [5.41, 5.74) is 2.35. The van der Waals surface area contributed by atoms with Crippen molar-refractivity contribution in [2.75, 3.05) is 7.11 Å². The number of hydrogen-bond donors (Lipinski definition) is 1. The largest absolute Gasteiger partial charge is 0.497 e. The number of nitrogens with zero attached hydrogens (tertiary/aromatic N) is 1. The van der Waals surface area contributed by atoms with Crippen molar-refractivity contribution in [1.82, 2.24) is 9.71 Å². The summed E-state index contributed by atoms with van der Waals surface area (Å²) in [5, 5.41) is 2.92. The molecule has 1 radical (unpaired) electrons. The van der Waals surface area contributed by atoms with E-state index in [4.69, 9.17) is 4.74 Å². The van der Waals surface area contributed by atoms with Crippen molar-refractivity contribution < 1.29 is 13.2 Å². The quantitative estimate of drug-likeness (QED) is 0.575. The van der Waals surface area contributed by atoms with E-state index in [-0.39, 0.29) is 5.75 Å². The lowest BCUT2D eigenvalue weighted by molar-refractivity contribution is 0.414. The number of nitrogens with one attached hydrogen (secondary N) is 1. The Bertz CT molecular complexity index is 1000. The Labute approximate surface area is 170 Å². The number of methoxy groups -OCH3 is 1. The zero-order chi connectivity index (χ0) is 20.0. The average molecular weight is 416 g/mol. The standard InChI is InChI=1S/C21H23N2O3S2/c1-3-21-22-20(14-27-21)19(13-16-8-5-4-6-9-16)23-28(24,25)15-17-10-7-11-18(12-17)26-2/h4-8,10-12,14,19,23H,3,13,15H2,1-2H3. The van der Waals surface area contributed by atoms with Gasteiger partial charge in [-0.1, -0.05) is 43.3 Å². The minimum atomic E-state index is -3.58. The van der Waals surface area contributed by atoms with Crippen LogP contribution in [0, 0.1) is 6.07 Å². The van der Waals surface area contributed by atoms with E-state index in [2.05, 4.69) is 15.8 Å². The van der Waals surface area contributed by atoms with E-state index < -0.39 is 16.1 Å². The van der Waals surface area contributed by atoms with E-state index in [0.29, 0.717) is 17.7 Å². The molecule has 0 saturated heterocycles. The van der Waals surface area contributed by atoms with Crippen LogP contribution in [0.25, 0.3) is 0 Å². The molecular formula is C21H23N2O3S2. The summed E-state index contributed by atoms with van der Waals surface area (Å²) in [7, 11) is -2.02. The van der Waals surface area contributed by atoms with Gasteiger partial charge in [-0.2, -0.15) is 0 Å². The van der Waals surface area contributed by atoms with Crippen molar-refractivity contribution in [3.63, 3.8) is 0 Å². The van der Waals surface area contributed by atoms with Gasteiger partial charge in [0.15, 0.2) is 0 Å². The lowest BCUT2D eigenvalue weighted by Crippen LogP contribution is -2.31. The molecular weight excluding hydrogens is 392 g/mol. The van der Waals surface area contributed by atoms with Crippen LogP contribution in [0.5, 0.6) is 5.75 Å². The van der Waals surface area contributed by atoms with Gasteiger partial charge in [-0.05, 0) is 42.2 Å².